The molecule has 0 amide bonds. The zero-order chi connectivity index (χ0) is 9.52. The summed E-state index contributed by atoms with van der Waals surface area (Å²) >= 11 is 0. The van der Waals surface area contributed by atoms with E-state index in [1.807, 2.05) is 6.92 Å². The first-order valence-corrected chi connectivity index (χ1v) is 4.82. The number of rotatable bonds is 4. The minimum absolute atomic E-state index is 0.0317. The van der Waals surface area contributed by atoms with Crippen LogP contribution < -0.4 is 0 Å². The van der Waals surface area contributed by atoms with Crippen LogP contribution in [0, 0.1) is 0 Å². The fourth-order valence-electron chi connectivity index (χ4n) is 1.28. The highest BCUT2D eigenvalue weighted by Crippen LogP contribution is 2.14. The van der Waals surface area contributed by atoms with E-state index in [9.17, 15) is 0 Å². The summed E-state index contributed by atoms with van der Waals surface area (Å²) in [4.78, 5) is 0. The van der Waals surface area contributed by atoms with Crippen molar-refractivity contribution in [3.8, 4) is 0 Å². The molecule has 1 fully saturated rings. The first-order valence-electron chi connectivity index (χ1n) is 4.82. The van der Waals surface area contributed by atoms with Crippen LogP contribution in [0.4, 0.5) is 0 Å². The summed E-state index contributed by atoms with van der Waals surface area (Å²) in [5, 5.41) is 8.61. The van der Waals surface area contributed by atoms with Crippen LogP contribution in [0.1, 0.15) is 26.2 Å². The van der Waals surface area contributed by atoms with Crippen LogP contribution in [0.3, 0.4) is 0 Å². The van der Waals surface area contributed by atoms with Gasteiger partial charge in [-0.3, -0.25) is 0 Å². The third kappa shape index (κ3) is 4.41. The predicted octanol–water partition coefficient (Wildman–Crippen LogP) is 1.47. The fraction of sp³-hybridized carbons (Fsp3) is 0.800. The Labute approximate surface area is 79.3 Å². The lowest BCUT2D eigenvalue weighted by Crippen LogP contribution is -2.22. The van der Waals surface area contributed by atoms with Gasteiger partial charge in [-0.25, -0.2) is 0 Å². The second-order valence-corrected chi connectivity index (χ2v) is 3.34. The zero-order valence-electron chi connectivity index (χ0n) is 8.16. The molecule has 0 aromatic heterocycles. The molecule has 76 valence electrons. The summed E-state index contributed by atoms with van der Waals surface area (Å²) in [7, 11) is 0. The Hall–Kier alpha value is -0.380. The second kappa shape index (κ2) is 6.13. The molecule has 1 aliphatic heterocycles. The van der Waals surface area contributed by atoms with E-state index in [4.69, 9.17) is 14.6 Å². The molecule has 1 heterocycles. The third-order valence-electron chi connectivity index (χ3n) is 2.07. The van der Waals surface area contributed by atoms with Gasteiger partial charge in [-0.15, -0.1) is 0 Å². The van der Waals surface area contributed by atoms with Gasteiger partial charge < -0.3 is 14.6 Å². The topological polar surface area (TPSA) is 38.7 Å². The van der Waals surface area contributed by atoms with E-state index in [-0.39, 0.29) is 12.9 Å². The molecule has 0 spiro atoms. The molecule has 0 saturated carbocycles. The van der Waals surface area contributed by atoms with Crippen molar-refractivity contribution in [2.45, 2.75) is 32.5 Å². The van der Waals surface area contributed by atoms with E-state index in [0.717, 1.165) is 25.0 Å². The molecule has 0 radical (unpaired) electrons. The Morgan fingerprint density at radius 1 is 1.62 bits per heavy atom. The summed E-state index contributed by atoms with van der Waals surface area (Å²) in [6, 6.07) is 0. The molecule has 3 heteroatoms. The molecular weight excluding hydrogens is 168 g/mol. The quantitative estimate of drug-likeness (QED) is 0.676. The minimum atomic E-state index is -0.0317. The molecule has 1 saturated heterocycles. The van der Waals surface area contributed by atoms with Crippen LogP contribution in [0.2, 0.25) is 0 Å². The summed E-state index contributed by atoms with van der Waals surface area (Å²) in [6.07, 6.45) is 5.05. The number of aliphatic hydroxyl groups excluding tert-OH is 1. The molecule has 1 N–H and O–H groups in total. The molecule has 1 unspecified atom stereocenters. The Balaban J connectivity index is 2.13. The van der Waals surface area contributed by atoms with Gasteiger partial charge in [0.1, 0.15) is 0 Å². The zero-order valence-corrected chi connectivity index (χ0v) is 8.16. The van der Waals surface area contributed by atoms with Gasteiger partial charge in [-0.05, 0) is 31.8 Å². The van der Waals surface area contributed by atoms with Crippen LogP contribution in [-0.4, -0.2) is 31.2 Å². The van der Waals surface area contributed by atoms with Crippen LogP contribution in [-0.2, 0) is 9.47 Å². The van der Waals surface area contributed by atoms with E-state index < -0.39 is 0 Å². The highest BCUT2D eigenvalue weighted by molar-refractivity contribution is 4.97. The average Bonchev–Trinajstić information content (AvgIpc) is 2.17. The van der Waals surface area contributed by atoms with Crippen LogP contribution >= 0.6 is 0 Å². The molecule has 0 aromatic rings. The van der Waals surface area contributed by atoms with Gasteiger partial charge in [0.15, 0.2) is 6.29 Å². The first-order chi connectivity index (χ1) is 6.33. The summed E-state index contributed by atoms with van der Waals surface area (Å²) in [5.41, 5.74) is 1.05. The van der Waals surface area contributed by atoms with Crippen molar-refractivity contribution in [1.82, 2.24) is 0 Å². The van der Waals surface area contributed by atoms with Gasteiger partial charge in [-0.1, -0.05) is 6.08 Å². The molecule has 3 nitrogen and oxygen atoms in total. The van der Waals surface area contributed by atoms with E-state index >= 15 is 0 Å². The standard InChI is InChI=1S/C10H18O3/c1-9(5-6-11)8-13-10-4-2-3-7-12-10/h5,10-11H,2-4,6-8H2,1H3/b9-5-. The van der Waals surface area contributed by atoms with Crippen molar-refractivity contribution in [2.75, 3.05) is 19.8 Å². The van der Waals surface area contributed by atoms with Crippen molar-refractivity contribution in [3.63, 3.8) is 0 Å². The number of aliphatic hydroxyl groups is 1. The smallest absolute Gasteiger partial charge is 0.158 e. The van der Waals surface area contributed by atoms with Gasteiger partial charge in [0, 0.05) is 6.61 Å². The maximum atomic E-state index is 8.61. The Kier molecular flexibility index (Phi) is 5.05. The second-order valence-electron chi connectivity index (χ2n) is 3.34. The van der Waals surface area contributed by atoms with Gasteiger partial charge in [-0.2, -0.15) is 0 Å². The molecule has 1 rings (SSSR count). The van der Waals surface area contributed by atoms with Crippen LogP contribution in [0.25, 0.3) is 0 Å². The number of hydrogen-bond acceptors (Lipinski definition) is 3. The Morgan fingerprint density at radius 2 is 2.46 bits per heavy atom. The average molecular weight is 186 g/mol. The summed E-state index contributed by atoms with van der Waals surface area (Å²) in [5.74, 6) is 0. The molecule has 0 bridgehead atoms. The maximum Gasteiger partial charge on any atom is 0.158 e. The van der Waals surface area contributed by atoms with Crippen LogP contribution in [0.5, 0.6) is 0 Å². The maximum absolute atomic E-state index is 8.61. The Morgan fingerprint density at radius 3 is 3.08 bits per heavy atom. The van der Waals surface area contributed by atoms with Crippen LogP contribution in [0.15, 0.2) is 11.6 Å². The van der Waals surface area contributed by atoms with Crippen molar-refractivity contribution >= 4 is 0 Å². The SMILES string of the molecule is C/C(=C/CO)COC1CCCCO1. The normalized spacial score (nSPS) is 24.8. The Bertz CT molecular complexity index is 160. The molecule has 0 aromatic carbocycles. The van der Waals surface area contributed by atoms with Crippen molar-refractivity contribution in [1.29, 1.82) is 0 Å². The van der Waals surface area contributed by atoms with Crippen molar-refractivity contribution < 1.29 is 14.6 Å². The van der Waals surface area contributed by atoms with Gasteiger partial charge in [0.2, 0.25) is 0 Å². The molecule has 1 aliphatic rings. The minimum Gasteiger partial charge on any atom is -0.392 e. The van der Waals surface area contributed by atoms with Gasteiger partial charge >= 0.3 is 0 Å². The van der Waals surface area contributed by atoms with E-state index in [0.29, 0.717) is 6.61 Å². The monoisotopic (exact) mass is 186 g/mol. The first kappa shape index (κ1) is 10.7. The lowest BCUT2D eigenvalue weighted by Gasteiger charge is -2.22. The van der Waals surface area contributed by atoms with E-state index in [1.54, 1.807) is 6.08 Å². The lowest BCUT2D eigenvalue weighted by atomic mass is 10.2. The molecule has 0 aliphatic carbocycles. The largest absolute Gasteiger partial charge is 0.392 e. The van der Waals surface area contributed by atoms with Crippen molar-refractivity contribution in [3.05, 3.63) is 11.6 Å². The van der Waals surface area contributed by atoms with Gasteiger partial charge in [0.25, 0.3) is 0 Å². The fourth-order valence-corrected chi connectivity index (χ4v) is 1.28. The van der Waals surface area contributed by atoms with E-state index in [1.165, 1.54) is 6.42 Å². The predicted molar refractivity (Wildman–Crippen MR) is 50.4 cm³/mol. The van der Waals surface area contributed by atoms with Crippen molar-refractivity contribution in [2.24, 2.45) is 0 Å². The summed E-state index contributed by atoms with van der Waals surface area (Å²) < 4.78 is 10.9. The lowest BCUT2D eigenvalue weighted by molar-refractivity contribution is -0.156. The molecule has 1 atom stereocenters. The third-order valence-corrected chi connectivity index (χ3v) is 2.07. The van der Waals surface area contributed by atoms with Gasteiger partial charge in [0.05, 0.1) is 13.2 Å². The molecular formula is C10H18O3. The highest BCUT2D eigenvalue weighted by atomic mass is 16.7. The summed E-state index contributed by atoms with van der Waals surface area (Å²) in [6.45, 7) is 3.40. The highest BCUT2D eigenvalue weighted by Gasteiger charge is 2.13. The van der Waals surface area contributed by atoms with E-state index in [2.05, 4.69) is 0 Å². The number of ether oxygens (including phenoxy) is 2. The number of hydrogen-bond donors (Lipinski definition) is 1. The molecule has 13 heavy (non-hydrogen) atoms.